The van der Waals surface area contributed by atoms with Gasteiger partial charge in [0, 0.05) is 25.2 Å². The number of ether oxygens (including phenoxy) is 3. The number of hydrogen-bond donors (Lipinski definition) is 7. The Labute approximate surface area is 300 Å². The van der Waals surface area contributed by atoms with Crippen LogP contribution in [0.1, 0.15) is 103 Å². The number of H-pyrrole nitrogens is 3. The highest BCUT2D eigenvalue weighted by Gasteiger charge is 2.19. The summed E-state index contributed by atoms with van der Waals surface area (Å²) in [4.78, 5) is 59.0. The Morgan fingerprint density at radius 3 is 1.71 bits per heavy atom. The van der Waals surface area contributed by atoms with Gasteiger partial charge in [-0.3, -0.25) is 29.4 Å². The van der Waals surface area contributed by atoms with Crippen LogP contribution in [0.15, 0.2) is 18.2 Å². The van der Waals surface area contributed by atoms with E-state index >= 15 is 0 Å². The SMILES string of the molecule is CCCCCCCCCCCCNC(=O)COCCOCCOCCNC(=O)c1cc(NC(=O)c2cc(NC(=O)c3cc([N+](=O)[O-])n[nH]3)n[nH]2)n[nH]1. The molecule has 0 aliphatic rings. The summed E-state index contributed by atoms with van der Waals surface area (Å²) in [6, 6.07) is 3.52. The second kappa shape index (κ2) is 24.1. The maximum absolute atomic E-state index is 12.5. The molecule has 0 saturated carbocycles. The molecule has 3 aromatic rings. The molecule has 52 heavy (non-hydrogen) atoms. The van der Waals surface area contributed by atoms with Crippen LogP contribution in [0.2, 0.25) is 0 Å². The number of nitro groups is 1. The predicted molar refractivity (Wildman–Crippen MR) is 188 cm³/mol. The van der Waals surface area contributed by atoms with Gasteiger partial charge >= 0.3 is 5.82 Å². The Balaban J connectivity index is 1.15. The monoisotopic (exact) mass is 731 g/mol. The van der Waals surface area contributed by atoms with Crippen molar-refractivity contribution < 1.29 is 38.3 Å². The molecule has 0 aromatic carbocycles. The van der Waals surface area contributed by atoms with Gasteiger partial charge in [0.25, 0.3) is 17.7 Å². The topological polar surface area (TPSA) is 273 Å². The summed E-state index contributed by atoms with van der Waals surface area (Å²) in [6.45, 7) is 4.59. The van der Waals surface area contributed by atoms with E-state index < -0.39 is 28.5 Å². The number of rotatable bonds is 28. The van der Waals surface area contributed by atoms with E-state index in [2.05, 4.69) is 58.8 Å². The highest BCUT2D eigenvalue weighted by molar-refractivity contribution is 6.05. The van der Waals surface area contributed by atoms with Crippen LogP contribution in [0.5, 0.6) is 0 Å². The van der Waals surface area contributed by atoms with Crippen molar-refractivity contribution in [3.8, 4) is 0 Å². The number of amides is 4. The van der Waals surface area contributed by atoms with E-state index in [1.807, 2.05) is 0 Å². The molecule has 0 aliphatic carbocycles. The van der Waals surface area contributed by atoms with Gasteiger partial charge in [0.1, 0.15) is 18.0 Å². The maximum Gasteiger partial charge on any atom is 0.390 e. The lowest BCUT2D eigenvalue weighted by atomic mass is 10.1. The van der Waals surface area contributed by atoms with Gasteiger partial charge < -0.3 is 45.6 Å². The average molecular weight is 732 g/mol. The van der Waals surface area contributed by atoms with Crippen molar-refractivity contribution in [1.29, 1.82) is 0 Å². The third-order valence-electron chi connectivity index (χ3n) is 7.49. The number of nitrogens with zero attached hydrogens (tertiary/aromatic N) is 4. The van der Waals surface area contributed by atoms with Gasteiger partial charge in [-0.25, -0.2) is 0 Å². The highest BCUT2D eigenvalue weighted by Crippen LogP contribution is 2.13. The smallest absolute Gasteiger partial charge is 0.377 e. The average Bonchev–Trinajstić information content (AvgIpc) is 3.91. The predicted octanol–water partition coefficient (Wildman–Crippen LogP) is 3.09. The van der Waals surface area contributed by atoms with E-state index in [0.717, 1.165) is 18.9 Å². The number of unbranched alkanes of at least 4 members (excludes halogenated alkanes) is 9. The van der Waals surface area contributed by atoms with Crippen molar-refractivity contribution in [3.63, 3.8) is 0 Å². The summed E-state index contributed by atoms with van der Waals surface area (Å²) in [6.07, 6.45) is 12.5. The van der Waals surface area contributed by atoms with Crippen LogP contribution in [0.3, 0.4) is 0 Å². The first-order valence-corrected chi connectivity index (χ1v) is 17.5. The van der Waals surface area contributed by atoms with Crippen LogP contribution in [-0.4, -0.2) is 112 Å². The standard InChI is InChI=1S/C32H49N11O9/c1-2-3-4-5-6-7-8-9-10-11-12-33-29(44)22-52-18-17-51-16-15-50-14-13-34-30(45)23-19-26(40-37-23)35-31(46)24-20-27(41-38-24)36-32(47)25-21-28(42-39-25)43(48)49/h19-21H,2-18,22H2,1H3,(H,33,44)(H,34,45)(H,39,42)(H2,35,37,40,46)(H2,36,38,41,47). The number of carbonyl (C=O) groups is 4. The van der Waals surface area contributed by atoms with Crippen LogP contribution in [0, 0.1) is 10.1 Å². The number of nitrogens with one attached hydrogen (secondary N) is 7. The molecule has 0 atom stereocenters. The van der Waals surface area contributed by atoms with E-state index in [1.165, 1.54) is 63.5 Å². The van der Waals surface area contributed by atoms with Crippen LogP contribution in [-0.2, 0) is 19.0 Å². The molecule has 0 radical (unpaired) electrons. The van der Waals surface area contributed by atoms with E-state index in [0.29, 0.717) is 26.4 Å². The van der Waals surface area contributed by atoms with Crippen LogP contribution in [0.4, 0.5) is 17.5 Å². The van der Waals surface area contributed by atoms with E-state index in [1.54, 1.807) is 0 Å². The molecule has 0 bridgehead atoms. The molecule has 0 spiro atoms. The fourth-order valence-electron chi connectivity index (χ4n) is 4.72. The minimum Gasteiger partial charge on any atom is -0.377 e. The first-order valence-electron chi connectivity index (χ1n) is 17.5. The van der Waals surface area contributed by atoms with Gasteiger partial charge in [-0.15, -0.1) is 0 Å². The lowest BCUT2D eigenvalue weighted by Crippen LogP contribution is -2.29. The molecule has 3 rings (SSSR count). The summed E-state index contributed by atoms with van der Waals surface area (Å²) in [5.74, 6) is -2.51. The first kappa shape index (κ1) is 41.2. The summed E-state index contributed by atoms with van der Waals surface area (Å²) in [7, 11) is 0. The molecule has 3 aromatic heterocycles. The number of carbonyl (C=O) groups excluding carboxylic acids is 4. The van der Waals surface area contributed by atoms with Gasteiger partial charge in [0.15, 0.2) is 17.3 Å². The van der Waals surface area contributed by atoms with Gasteiger partial charge in [-0.2, -0.15) is 15.3 Å². The van der Waals surface area contributed by atoms with Crippen molar-refractivity contribution in [2.45, 2.75) is 71.1 Å². The van der Waals surface area contributed by atoms with E-state index in [-0.39, 0.29) is 61.0 Å². The van der Waals surface area contributed by atoms with Crippen LogP contribution >= 0.6 is 0 Å². The Kier molecular flexibility index (Phi) is 19.1. The maximum atomic E-state index is 12.5. The molecule has 0 unspecified atom stereocenters. The Morgan fingerprint density at radius 1 is 0.635 bits per heavy atom. The van der Waals surface area contributed by atoms with Gasteiger partial charge in [0.05, 0.1) is 44.2 Å². The molecule has 7 N–H and O–H groups in total. The minimum atomic E-state index is -0.758. The zero-order valence-corrected chi connectivity index (χ0v) is 29.4. The van der Waals surface area contributed by atoms with Crippen molar-refractivity contribution in [3.05, 3.63) is 45.4 Å². The normalized spacial score (nSPS) is 10.9. The molecule has 0 fully saturated rings. The summed E-state index contributed by atoms with van der Waals surface area (Å²) >= 11 is 0. The quantitative estimate of drug-likeness (QED) is 0.0322. The largest absolute Gasteiger partial charge is 0.390 e. The summed E-state index contributed by atoms with van der Waals surface area (Å²) < 4.78 is 16.2. The Bertz CT molecular complexity index is 1540. The number of hydrogen-bond acceptors (Lipinski definition) is 12. The van der Waals surface area contributed by atoms with Crippen LogP contribution in [0.25, 0.3) is 0 Å². The molecule has 0 aliphatic heterocycles. The summed E-state index contributed by atoms with van der Waals surface area (Å²) in [5, 5.41) is 39.4. The third-order valence-corrected chi connectivity index (χ3v) is 7.49. The lowest BCUT2D eigenvalue weighted by molar-refractivity contribution is -0.389. The van der Waals surface area contributed by atoms with Gasteiger partial charge in [0.2, 0.25) is 5.91 Å². The van der Waals surface area contributed by atoms with E-state index in [4.69, 9.17) is 14.2 Å². The van der Waals surface area contributed by atoms with Crippen molar-refractivity contribution in [2.24, 2.45) is 0 Å². The lowest BCUT2D eigenvalue weighted by Gasteiger charge is -2.08. The second-order valence-corrected chi connectivity index (χ2v) is 11.7. The molecular formula is C32H49N11O9. The van der Waals surface area contributed by atoms with Crippen molar-refractivity contribution in [2.75, 3.05) is 63.4 Å². The zero-order valence-electron chi connectivity index (χ0n) is 29.4. The molecular weight excluding hydrogens is 682 g/mol. The molecule has 286 valence electrons. The molecule has 4 amide bonds. The number of anilines is 2. The molecule has 20 nitrogen and oxygen atoms in total. The highest BCUT2D eigenvalue weighted by atomic mass is 16.6. The third kappa shape index (κ3) is 16.2. The number of aromatic amines is 3. The fraction of sp³-hybridized carbons (Fsp3) is 0.594. The summed E-state index contributed by atoms with van der Waals surface area (Å²) in [5.41, 5.74) is -0.114. The first-order chi connectivity index (χ1) is 25.3. The zero-order chi connectivity index (χ0) is 37.4. The number of aromatic nitrogens is 6. The molecule has 20 heteroatoms. The Hall–Kier alpha value is -5.21. The van der Waals surface area contributed by atoms with Crippen molar-refractivity contribution in [1.82, 2.24) is 41.2 Å². The second-order valence-electron chi connectivity index (χ2n) is 11.7. The van der Waals surface area contributed by atoms with Gasteiger partial charge in [-0.05, 0) is 11.3 Å². The van der Waals surface area contributed by atoms with Crippen molar-refractivity contribution >= 4 is 41.1 Å². The van der Waals surface area contributed by atoms with Gasteiger partial charge in [-0.1, -0.05) is 64.7 Å². The van der Waals surface area contributed by atoms with E-state index in [9.17, 15) is 29.3 Å². The Morgan fingerprint density at radius 2 is 1.13 bits per heavy atom. The minimum absolute atomic E-state index is 0.0000921. The molecule has 3 heterocycles. The van der Waals surface area contributed by atoms with Crippen LogP contribution < -0.4 is 21.3 Å². The fourth-order valence-corrected chi connectivity index (χ4v) is 4.72. The molecule has 0 saturated heterocycles.